The molecule has 6 aromatic carbocycles. The molecule has 18 heteroatoms. The molecule has 6 rings (SSSR count). The van der Waals surface area contributed by atoms with E-state index in [9.17, 15) is 25.9 Å². The molecule has 0 radical (unpaired) electrons. The molecular formula is C32H20Br4N6O6S2. The van der Waals surface area contributed by atoms with E-state index in [-0.39, 0.29) is 22.5 Å². The highest BCUT2D eigenvalue weighted by Crippen LogP contribution is 2.52. The van der Waals surface area contributed by atoms with Crippen LogP contribution in [0.15, 0.2) is 111 Å². The summed E-state index contributed by atoms with van der Waals surface area (Å²) in [5, 5.41) is 8.86. The van der Waals surface area contributed by atoms with Gasteiger partial charge in [-0.05, 0) is 46.2 Å². The van der Waals surface area contributed by atoms with Crippen LogP contribution in [0, 0.1) is 11.0 Å². The summed E-state index contributed by atoms with van der Waals surface area (Å²) in [6.45, 7) is 0. The summed E-state index contributed by atoms with van der Waals surface area (Å²) in [5.74, 6) is 0. The second-order valence-corrected chi connectivity index (χ2v) is 16.9. The van der Waals surface area contributed by atoms with Gasteiger partial charge in [0.1, 0.15) is 21.2 Å². The van der Waals surface area contributed by atoms with Gasteiger partial charge >= 0.3 is 0 Å². The zero-order valence-corrected chi connectivity index (χ0v) is 32.7. The molecule has 0 saturated heterocycles. The van der Waals surface area contributed by atoms with Crippen LogP contribution in [0.25, 0.3) is 54.9 Å². The maximum absolute atomic E-state index is 12.9. The fourth-order valence-corrected chi connectivity index (χ4v) is 10.9. The van der Waals surface area contributed by atoms with Crippen molar-refractivity contribution < 1.29 is 28.8 Å². The van der Waals surface area contributed by atoms with E-state index in [4.69, 9.17) is 14.3 Å². The first-order valence-electron chi connectivity index (χ1n) is 14.7. The van der Waals surface area contributed by atoms with Crippen LogP contribution in [0.1, 0.15) is 0 Å². The van der Waals surface area contributed by atoms with Crippen molar-refractivity contribution in [3.63, 3.8) is 0 Å². The lowest BCUT2D eigenvalue weighted by molar-refractivity contribution is 0.481. The number of fused-ring (bicyclic) bond motifs is 2. The molecule has 12 nitrogen and oxygen atoms in total. The average Bonchev–Trinajstić information content (AvgIpc) is 3.06. The Bertz CT molecular complexity index is 2570. The first-order chi connectivity index (χ1) is 24.5. The third-order valence-electron chi connectivity index (χ3n) is 8.00. The van der Waals surface area contributed by atoms with Gasteiger partial charge in [-0.3, -0.25) is 9.11 Å². The molecule has 0 amide bonds. The van der Waals surface area contributed by atoms with E-state index in [1.807, 2.05) is 0 Å². The van der Waals surface area contributed by atoms with E-state index in [1.165, 1.54) is 0 Å². The fraction of sp³-hybridized carbons (Fsp3) is 0. The number of nitrogen functional groups attached to an aromatic ring is 2. The maximum atomic E-state index is 12.9. The number of rotatable bonds is 7. The van der Waals surface area contributed by atoms with Crippen molar-refractivity contribution in [2.75, 3.05) is 11.5 Å². The zero-order valence-electron chi connectivity index (χ0n) is 26.7. The minimum Gasteiger partial charge on any atom is -0.396 e. The zero-order chi connectivity index (χ0) is 37.9. The van der Waals surface area contributed by atoms with Gasteiger partial charge in [0, 0.05) is 50.9 Å². The number of nitrogens with zero attached hydrogens (tertiary/aromatic N) is 2. The van der Waals surface area contributed by atoms with E-state index in [0.29, 0.717) is 61.7 Å². The molecule has 0 unspecified atom stereocenters. The first kappa shape index (κ1) is 33.5. The Balaban J connectivity index is 1.63. The summed E-state index contributed by atoms with van der Waals surface area (Å²) in [7, 11) is -9.98. The Labute approximate surface area is 321 Å². The monoisotopic (exact) mass is 964 g/mol. The van der Waals surface area contributed by atoms with Crippen LogP contribution in [0.2, 0.25) is 2.82 Å². The molecule has 254 valence electrons. The van der Waals surface area contributed by atoms with Gasteiger partial charge < -0.3 is 11.5 Å². The Kier molecular flexibility index (Phi) is 8.83. The van der Waals surface area contributed by atoms with Crippen LogP contribution >= 0.6 is 63.7 Å². The van der Waals surface area contributed by atoms with Gasteiger partial charge in [0.2, 0.25) is 2.82 Å². The standard InChI is InChI=1S/C32H20Br4N6O6S2/c33-19-9-13(10-20(34)25(19)23-15-5-1-3-7-17(15)27(37)29(41-39)31(23)49(43,44)45)14-11-21(35)26(22(36)12-14)24-16-6-2-4-8-18(16)28(38)30(42-40)32(24)50(46,47)48/h1-12,39-40H,37-38H2,(H,43,44,45)(H,46,47,48)/b41-39+,42-40+. The maximum Gasteiger partial charge on any atom is 0.297 e. The van der Waals surface area contributed by atoms with Crippen molar-refractivity contribution >= 4 is 128 Å². The van der Waals surface area contributed by atoms with Gasteiger partial charge in [0.15, 0.2) is 0 Å². The van der Waals surface area contributed by atoms with E-state index in [1.54, 1.807) is 72.8 Å². The van der Waals surface area contributed by atoms with E-state index < -0.39 is 41.4 Å². The number of anilines is 2. The molecule has 0 aliphatic heterocycles. The van der Waals surface area contributed by atoms with Gasteiger partial charge in [-0.15, -0.1) is 0 Å². The van der Waals surface area contributed by atoms with Gasteiger partial charge in [-0.1, -0.05) is 112 Å². The highest BCUT2D eigenvalue weighted by Gasteiger charge is 2.31. The number of hydrogen-bond donors (Lipinski definition) is 6. The van der Waals surface area contributed by atoms with Crippen LogP contribution < -0.4 is 11.5 Å². The quantitative estimate of drug-likeness (QED) is 0.0510. The molecule has 0 atom stereocenters. The van der Waals surface area contributed by atoms with E-state index >= 15 is 0 Å². The van der Waals surface area contributed by atoms with E-state index in [2.05, 4.69) is 85.0 Å². The minimum absolute atomic E-state index is 0.0475. The minimum atomic E-state index is -4.99. The predicted molar refractivity (Wildman–Crippen MR) is 207 cm³/mol. The largest absolute Gasteiger partial charge is 0.396 e. The Morgan fingerprint density at radius 3 is 1.14 bits per heavy atom. The first-order valence-corrected chi connectivity index (χ1v) is 19.9. The topological polar surface area (TPSA) is 233 Å². The van der Waals surface area contributed by atoms with Gasteiger partial charge in [-0.2, -0.15) is 27.1 Å². The SMILES string of the molecule is [H]/N=N/c1c(S(=O)(=O)O)c(-c2c(Br)cc(-c3cc(Br)c(-c4c(S(=O)(=O)O)c(/N=N/[H])c(N)c5ccccc45)c(Br)c3)cc2Br)c2ccccc2c1N. The lowest BCUT2D eigenvalue weighted by atomic mass is 9.93. The summed E-state index contributed by atoms with van der Waals surface area (Å²) in [5.41, 5.74) is 19.5. The second kappa shape index (κ2) is 13.2. The number of nitrogens with one attached hydrogen (secondary N) is 2. The highest BCUT2D eigenvalue weighted by molar-refractivity contribution is 9.11. The molecule has 0 heterocycles. The number of hydrogen-bond acceptors (Lipinski definition) is 10. The van der Waals surface area contributed by atoms with Crippen molar-refractivity contribution in [3.8, 4) is 33.4 Å². The summed E-state index contributed by atoms with van der Waals surface area (Å²) in [6.07, 6.45) is 0. The van der Waals surface area contributed by atoms with Crippen LogP contribution in [0.3, 0.4) is 0 Å². The molecule has 0 aromatic heterocycles. The van der Waals surface area contributed by atoms with Crippen LogP contribution in [0.4, 0.5) is 22.7 Å². The predicted octanol–water partition coefficient (Wildman–Crippen LogP) is 11.0. The second-order valence-electron chi connectivity index (χ2n) is 10.8. The third kappa shape index (κ3) is 5.96. The highest BCUT2D eigenvalue weighted by atomic mass is 79.9. The normalized spacial score (nSPS) is 13.1. The summed E-state index contributed by atoms with van der Waals surface area (Å²) < 4.78 is 88.6. The summed E-state index contributed by atoms with van der Waals surface area (Å²) in [4.78, 5) is -1.28. The Morgan fingerprint density at radius 2 is 0.860 bits per heavy atom. The van der Waals surface area contributed by atoms with Gasteiger partial charge in [-0.25, -0.2) is 11.0 Å². The van der Waals surface area contributed by atoms with Crippen molar-refractivity contribution in [1.29, 1.82) is 11.0 Å². The lowest BCUT2D eigenvalue weighted by Crippen LogP contribution is -2.06. The smallest absolute Gasteiger partial charge is 0.297 e. The third-order valence-corrected chi connectivity index (χ3v) is 12.3. The van der Waals surface area contributed by atoms with Crippen molar-refractivity contribution in [3.05, 3.63) is 90.7 Å². The molecule has 6 aromatic rings. The molecular weight excluding hydrogens is 948 g/mol. The van der Waals surface area contributed by atoms with Crippen molar-refractivity contribution in [2.24, 2.45) is 10.2 Å². The molecule has 0 spiro atoms. The number of nitrogens with two attached hydrogens (primary N) is 2. The number of halogens is 4. The molecule has 0 saturated carbocycles. The molecule has 8 N–H and O–H groups in total. The average molecular weight is 968 g/mol. The van der Waals surface area contributed by atoms with E-state index in [0.717, 1.165) is 0 Å². The van der Waals surface area contributed by atoms with Crippen LogP contribution in [0.5, 0.6) is 0 Å². The fourth-order valence-electron chi connectivity index (χ4n) is 6.01. The Hall–Kier alpha value is -3.62. The molecule has 0 fully saturated rings. The Morgan fingerprint density at radius 1 is 0.560 bits per heavy atom. The van der Waals surface area contributed by atoms with Gasteiger partial charge in [0.05, 0.1) is 11.4 Å². The van der Waals surface area contributed by atoms with Gasteiger partial charge in [0.25, 0.3) is 20.2 Å². The molecule has 0 aliphatic rings. The molecule has 0 bridgehead atoms. The summed E-state index contributed by atoms with van der Waals surface area (Å²) in [6, 6.07) is 20.1. The number of benzene rings is 6. The van der Waals surface area contributed by atoms with Crippen molar-refractivity contribution in [2.45, 2.75) is 9.79 Å². The molecule has 50 heavy (non-hydrogen) atoms. The van der Waals surface area contributed by atoms with Crippen molar-refractivity contribution in [1.82, 2.24) is 0 Å². The summed E-state index contributed by atoms with van der Waals surface area (Å²) >= 11 is 14.3. The van der Waals surface area contributed by atoms with Crippen LogP contribution in [-0.4, -0.2) is 25.9 Å². The van der Waals surface area contributed by atoms with Crippen LogP contribution in [-0.2, 0) is 20.2 Å². The lowest BCUT2D eigenvalue weighted by Gasteiger charge is -2.20. The molecule has 0 aliphatic carbocycles.